The van der Waals surface area contributed by atoms with E-state index in [4.69, 9.17) is 0 Å². The molecule has 13 heavy (non-hydrogen) atoms. The number of hydrogen-bond donors (Lipinski definition) is 1. The molecule has 2 aromatic rings. The lowest BCUT2D eigenvalue weighted by molar-refractivity contribution is 1.06. The molecule has 0 aliphatic carbocycles. The highest BCUT2D eigenvalue weighted by Crippen LogP contribution is 2.26. The Kier molecular flexibility index (Phi) is 2.36. The second-order valence-electron chi connectivity index (χ2n) is 2.76. The summed E-state index contributed by atoms with van der Waals surface area (Å²) in [6.07, 6.45) is 3.60. The van der Waals surface area contributed by atoms with Crippen LogP contribution in [0.3, 0.4) is 0 Å². The SMILES string of the molecule is Cc1ccccc1Sc1ncc[nH]1. The Hall–Kier alpha value is -1.22. The Balaban J connectivity index is 2.24. The van der Waals surface area contributed by atoms with Gasteiger partial charge in [-0.3, -0.25) is 0 Å². The fourth-order valence-electron chi connectivity index (χ4n) is 1.08. The molecule has 0 fully saturated rings. The summed E-state index contributed by atoms with van der Waals surface area (Å²) in [7, 11) is 0. The minimum absolute atomic E-state index is 0.939. The predicted octanol–water partition coefficient (Wildman–Crippen LogP) is 2.87. The highest BCUT2D eigenvalue weighted by molar-refractivity contribution is 7.99. The zero-order valence-electron chi connectivity index (χ0n) is 7.32. The molecule has 0 saturated heterocycles. The molecule has 0 aliphatic heterocycles. The van der Waals surface area contributed by atoms with Gasteiger partial charge in [0.05, 0.1) is 0 Å². The van der Waals surface area contributed by atoms with E-state index in [1.54, 1.807) is 18.0 Å². The maximum atomic E-state index is 4.16. The second kappa shape index (κ2) is 3.66. The van der Waals surface area contributed by atoms with Gasteiger partial charge in [-0.1, -0.05) is 30.0 Å². The van der Waals surface area contributed by atoms with Crippen molar-refractivity contribution in [2.24, 2.45) is 0 Å². The van der Waals surface area contributed by atoms with Gasteiger partial charge in [0, 0.05) is 17.3 Å². The summed E-state index contributed by atoms with van der Waals surface area (Å²) < 4.78 is 0. The largest absolute Gasteiger partial charge is 0.339 e. The minimum Gasteiger partial charge on any atom is -0.339 e. The summed E-state index contributed by atoms with van der Waals surface area (Å²) in [5.41, 5.74) is 1.28. The van der Waals surface area contributed by atoms with Crippen molar-refractivity contribution in [3.05, 3.63) is 42.2 Å². The van der Waals surface area contributed by atoms with Crippen LogP contribution in [0, 0.1) is 6.92 Å². The molecule has 1 aromatic heterocycles. The van der Waals surface area contributed by atoms with E-state index in [-0.39, 0.29) is 0 Å². The van der Waals surface area contributed by atoms with Crippen molar-refractivity contribution >= 4 is 11.8 Å². The average molecular weight is 190 g/mol. The van der Waals surface area contributed by atoms with Crippen LogP contribution in [-0.2, 0) is 0 Å². The smallest absolute Gasteiger partial charge is 0.170 e. The number of rotatable bonds is 2. The first-order valence-electron chi connectivity index (χ1n) is 4.09. The van der Waals surface area contributed by atoms with E-state index in [1.165, 1.54) is 10.5 Å². The van der Waals surface area contributed by atoms with E-state index in [9.17, 15) is 0 Å². The van der Waals surface area contributed by atoms with Gasteiger partial charge in [-0.2, -0.15) is 0 Å². The number of H-pyrrole nitrogens is 1. The second-order valence-corrected chi connectivity index (χ2v) is 3.79. The number of aryl methyl sites for hydroxylation is 1. The maximum Gasteiger partial charge on any atom is 0.170 e. The Labute approximate surface area is 81.4 Å². The lowest BCUT2D eigenvalue weighted by Gasteiger charge is -2.01. The van der Waals surface area contributed by atoms with Crippen LogP contribution in [0.5, 0.6) is 0 Å². The number of imidazole rings is 1. The van der Waals surface area contributed by atoms with Crippen LogP contribution in [0.25, 0.3) is 0 Å². The number of nitrogens with zero attached hydrogens (tertiary/aromatic N) is 1. The van der Waals surface area contributed by atoms with Crippen LogP contribution in [0.15, 0.2) is 46.7 Å². The van der Waals surface area contributed by atoms with Gasteiger partial charge in [-0.05, 0) is 18.6 Å². The Morgan fingerprint density at radius 3 is 2.85 bits per heavy atom. The van der Waals surface area contributed by atoms with Crippen LogP contribution < -0.4 is 0 Å². The molecular formula is C10H10N2S. The lowest BCUT2D eigenvalue weighted by atomic mass is 10.2. The standard InChI is InChI=1S/C10H10N2S/c1-8-4-2-3-5-9(8)13-10-11-6-7-12-10/h2-7H,1H3,(H,11,12). The van der Waals surface area contributed by atoms with Gasteiger partial charge in [0.1, 0.15) is 0 Å². The molecule has 0 unspecified atom stereocenters. The highest BCUT2D eigenvalue weighted by atomic mass is 32.2. The van der Waals surface area contributed by atoms with Gasteiger partial charge in [-0.15, -0.1) is 0 Å². The van der Waals surface area contributed by atoms with Gasteiger partial charge < -0.3 is 4.98 Å². The summed E-state index contributed by atoms with van der Waals surface area (Å²) in [5.74, 6) is 0. The molecule has 0 saturated carbocycles. The topological polar surface area (TPSA) is 28.7 Å². The van der Waals surface area contributed by atoms with Gasteiger partial charge >= 0.3 is 0 Å². The molecule has 1 heterocycles. The molecule has 0 aliphatic rings. The summed E-state index contributed by atoms with van der Waals surface area (Å²) >= 11 is 1.65. The first kappa shape index (κ1) is 8.38. The number of aromatic nitrogens is 2. The number of aromatic amines is 1. The average Bonchev–Trinajstić information content (AvgIpc) is 2.61. The molecule has 1 N–H and O–H groups in total. The third-order valence-corrected chi connectivity index (χ3v) is 2.87. The first-order chi connectivity index (χ1) is 6.36. The van der Waals surface area contributed by atoms with E-state index in [2.05, 4.69) is 29.0 Å². The van der Waals surface area contributed by atoms with E-state index < -0.39 is 0 Å². The lowest BCUT2D eigenvalue weighted by Crippen LogP contribution is -1.79. The molecule has 1 aromatic carbocycles. The van der Waals surface area contributed by atoms with Gasteiger partial charge in [0.15, 0.2) is 5.16 Å². The van der Waals surface area contributed by atoms with Crippen molar-refractivity contribution in [2.75, 3.05) is 0 Å². The van der Waals surface area contributed by atoms with Gasteiger partial charge in [-0.25, -0.2) is 4.98 Å². The molecule has 3 heteroatoms. The Morgan fingerprint density at radius 1 is 1.31 bits per heavy atom. The van der Waals surface area contributed by atoms with Crippen LogP contribution in [-0.4, -0.2) is 9.97 Å². The van der Waals surface area contributed by atoms with Crippen LogP contribution in [0.2, 0.25) is 0 Å². The zero-order chi connectivity index (χ0) is 9.10. The van der Waals surface area contributed by atoms with Crippen LogP contribution in [0.1, 0.15) is 5.56 Å². The molecule has 0 amide bonds. The third kappa shape index (κ3) is 1.92. The van der Waals surface area contributed by atoms with Crippen LogP contribution >= 0.6 is 11.8 Å². The summed E-state index contributed by atoms with van der Waals surface area (Å²) in [4.78, 5) is 8.47. The van der Waals surface area contributed by atoms with E-state index in [0.717, 1.165) is 5.16 Å². The normalized spacial score (nSPS) is 10.2. The molecule has 0 atom stereocenters. The van der Waals surface area contributed by atoms with Crippen molar-refractivity contribution in [3.63, 3.8) is 0 Å². The van der Waals surface area contributed by atoms with Crippen molar-refractivity contribution in [3.8, 4) is 0 Å². The minimum atomic E-state index is 0.939. The van der Waals surface area contributed by atoms with E-state index in [0.29, 0.717) is 0 Å². The fraction of sp³-hybridized carbons (Fsp3) is 0.100. The molecule has 66 valence electrons. The third-order valence-electron chi connectivity index (χ3n) is 1.77. The van der Waals surface area contributed by atoms with Crippen molar-refractivity contribution < 1.29 is 0 Å². The maximum absolute atomic E-state index is 4.16. The molecule has 2 rings (SSSR count). The number of nitrogens with one attached hydrogen (secondary N) is 1. The quantitative estimate of drug-likeness (QED) is 0.788. The predicted molar refractivity (Wildman–Crippen MR) is 53.9 cm³/mol. The molecular weight excluding hydrogens is 180 g/mol. The molecule has 0 spiro atoms. The highest BCUT2D eigenvalue weighted by Gasteiger charge is 2.00. The fourth-order valence-corrected chi connectivity index (χ4v) is 1.91. The first-order valence-corrected chi connectivity index (χ1v) is 4.91. The Morgan fingerprint density at radius 2 is 2.15 bits per heavy atom. The van der Waals surface area contributed by atoms with E-state index in [1.807, 2.05) is 18.3 Å². The van der Waals surface area contributed by atoms with Crippen molar-refractivity contribution in [1.29, 1.82) is 0 Å². The van der Waals surface area contributed by atoms with E-state index >= 15 is 0 Å². The molecule has 0 bridgehead atoms. The van der Waals surface area contributed by atoms with Crippen molar-refractivity contribution in [1.82, 2.24) is 9.97 Å². The van der Waals surface area contributed by atoms with Gasteiger partial charge in [0.25, 0.3) is 0 Å². The summed E-state index contributed by atoms with van der Waals surface area (Å²) in [5, 5.41) is 0.939. The molecule has 2 nitrogen and oxygen atoms in total. The van der Waals surface area contributed by atoms with Gasteiger partial charge in [0.2, 0.25) is 0 Å². The summed E-state index contributed by atoms with van der Waals surface area (Å²) in [6, 6.07) is 8.29. The van der Waals surface area contributed by atoms with Crippen LogP contribution in [0.4, 0.5) is 0 Å². The molecule has 0 radical (unpaired) electrons. The van der Waals surface area contributed by atoms with Crippen molar-refractivity contribution in [2.45, 2.75) is 17.0 Å². The Bertz CT molecular complexity index is 382. The summed E-state index contributed by atoms with van der Waals surface area (Å²) in [6.45, 7) is 2.10. The number of benzene rings is 1. The number of hydrogen-bond acceptors (Lipinski definition) is 2. The zero-order valence-corrected chi connectivity index (χ0v) is 8.14. The monoisotopic (exact) mass is 190 g/mol.